The topological polar surface area (TPSA) is 145 Å². The van der Waals surface area contributed by atoms with Gasteiger partial charge in [-0.25, -0.2) is 0 Å². The molecule has 1 aromatic rings. The van der Waals surface area contributed by atoms with Crippen molar-refractivity contribution in [3.05, 3.63) is 59.2 Å². The van der Waals surface area contributed by atoms with Crippen LogP contribution in [0, 0.1) is 29.8 Å². The number of aliphatic hydroxyl groups excluding tert-OH is 2. The van der Waals surface area contributed by atoms with E-state index in [-0.39, 0.29) is 30.6 Å². The van der Waals surface area contributed by atoms with Gasteiger partial charge >= 0.3 is 0 Å². The van der Waals surface area contributed by atoms with Gasteiger partial charge in [-0.3, -0.25) is 5.32 Å². The molecule has 0 amide bonds. The highest BCUT2D eigenvalue weighted by atomic mass is 16.5. The number of nitrogens with one attached hydrogen (secondary N) is 2. The fourth-order valence-electron chi connectivity index (χ4n) is 8.18. The summed E-state index contributed by atoms with van der Waals surface area (Å²) in [6.45, 7) is 4.47. The number of hydrogen-bond acceptors (Lipinski definition) is 8. The average Bonchev–Trinajstić information content (AvgIpc) is 3.81. The lowest BCUT2D eigenvalue weighted by atomic mass is 9.77. The molecule has 0 radical (unpaired) electrons. The molecule has 5 rings (SSSR count). The number of fused-ring (bicyclic) bond motifs is 2. The molecule has 0 aromatic heterocycles. The number of likely N-dealkylation sites (N-methyl/N-ethyl adjacent to an activating group) is 1. The Morgan fingerprint density at radius 3 is 2.79 bits per heavy atom. The molecule has 9 nitrogen and oxygen atoms in total. The Bertz CT molecular complexity index is 1250. The number of phenols is 1. The van der Waals surface area contributed by atoms with E-state index in [1.54, 1.807) is 6.07 Å². The van der Waals surface area contributed by atoms with Crippen molar-refractivity contribution in [1.29, 1.82) is 0 Å². The zero-order chi connectivity index (χ0) is 33.9. The summed E-state index contributed by atoms with van der Waals surface area (Å²) >= 11 is 0. The molecule has 8 N–H and O–H groups in total. The molecule has 0 saturated heterocycles. The van der Waals surface area contributed by atoms with Crippen molar-refractivity contribution in [2.24, 2.45) is 28.5 Å². The number of hydrogen-bond donors (Lipinski definition) is 6. The SMILES string of the molecule is CN[C@@H](COc1cc(CC[C-]2C=C(CO)C(CCCCCCCN)[OH+]2)ccc1O)C1=C[C+]2C(=N1)CC[C@H]1CCC[C@@H]1[C@@H]2CNC[C@H](C)O. The number of rotatable bonds is 20. The monoisotopic (exact) mass is 665 g/mol. The van der Waals surface area contributed by atoms with Crippen LogP contribution in [0.25, 0.3) is 0 Å². The lowest BCUT2D eigenvalue weighted by molar-refractivity contribution is -0.0552. The number of nitrogens with zero attached hydrogens (tertiary/aromatic N) is 1. The molecule has 0 spiro atoms. The molecule has 2 heterocycles. The average molecular weight is 666 g/mol. The van der Waals surface area contributed by atoms with E-state index in [4.69, 9.17) is 20.2 Å². The number of aliphatic imine (C=N–C) groups is 1. The van der Waals surface area contributed by atoms with E-state index in [9.17, 15) is 15.3 Å². The Morgan fingerprint density at radius 2 is 2.00 bits per heavy atom. The first kappa shape index (κ1) is 36.7. The summed E-state index contributed by atoms with van der Waals surface area (Å²) in [5.41, 5.74) is 9.90. The molecular formula is C39H61N4O5+. The molecule has 266 valence electrons. The Hall–Kier alpha value is -2.53. The molecule has 0 bridgehead atoms. The number of aryl methyl sites for hydroxylation is 1. The zero-order valence-corrected chi connectivity index (χ0v) is 29.3. The fraction of sp³-hybridized carbons (Fsp3) is 0.667. The van der Waals surface area contributed by atoms with Gasteiger partial charge in [0.25, 0.3) is 0 Å². The number of benzene rings is 1. The summed E-state index contributed by atoms with van der Waals surface area (Å²) in [4.78, 5) is 5.16. The maximum atomic E-state index is 10.7. The van der Waals surface area contributed by atoms with Gasteiger partial charge in [0, 0.05) is 32.5 Å². The molecule has 4 aliphatic rings. The Balaban J connectivity index is 1.15. The summed E-state index contributed by atoms with van der Waals surface area (Å²) in [6, 6.07) is 5.48. The van der Waals surface area contributed by atoms with Crippen molar-refractivity contribution in [2.45, 2.75) is 109 Å². The van der Waals surface area contributed by atoms with Crippen LogP contribution < -0.4 is 21.1 Å². The summed E-state index contributed by atoms with van der Waals surface area (Å²) in [5, 5.41) is 37.4. The number of ether oxygens (including phenoxy) is 2. The number of aromatic hydroxyl groups is 1. The van der Waals surface area contributed by atoms with E-state index in [1.807, 2.05) is 26.1 Å². The number of allylic oxidation sites excluding steroid dienone is 1. The van der Waals surface area contributed by atoms with E-state index in [1.165, 1.54) is 56.6 Å². The van der Waals surface area contributed by atoms with E-state index in [0.29, 0.717) is 30.7 Å². The van der Waals surface area contributed by atoms with Crippen molar-refractivity contribution < 1.29 is 24.8 Å². The lowest BCUT2D eigenvalue weighted by Gasteiger charge is -2.26. The van der Waals surface area contributed by atoms with Gasteiger partial charge in [-0.1, -0.05) is 38.2 Å². The summed E-state index contributed by atoms with van der Waals surface area (Å²) in [6.07, 6.45) is 19.5. The van der Waals surface area contributed by atoms with Crippen LogP contribution in [0.15, 0.2) is 46.6 Å². The first-order valence-electron chi connectivity index (χ1n) is 18.6. The van der Waals surface area contributed by atoms with Crippen molar-refractivity contribution in [3.8, 4) is 11.5 Å². The molecule has 9 heteroatoms. The maximum Gasteiger partial charge on any atom is 0.196 e. The van der Waals surface area contributed by atoms with Crippen LogP contribution in [-0.4, -0.2) is 83.9 Å². The molecule has 6 atom stereocenters. The predicted octanol–water partition coefficient (Wildman–Crippen LogP) is 4.66. The van der Waals surface area contributed by atoms with Gasteiger partial charge in [-0.15, -0.1) is 16.6 Å². The second-order valence-corrected chi connectivity index (χ2v) is 14.4. The third-order valence-corrected chi connectivity index (χ3v) is 10.9. The molecule has 2 aliphatic heterocycles. The highest BCUT2D eigenvalue weighted by Gasteiger charge is 2.49. The van der Waals surface area contributed by atoms with E-state index in [2.05, 4.69) is 22.8 Å². The molecule has 1 aromatic carbocycles. The van der Waals surface area contributed by atoms with Gasteiger partial charge in [0.1, 0.15) is 30.4 Å². The number of phenolic OH excluding ortho intramolecular Hbond substituents is 1. The number of unbranched alkanes of at least 4 members (excludes halogenated alkanes) is 4. The number of aliphatic hydroxyl groups is 4. The van der Waals surface area contributed by atoms with Crippen molar-refractivity contribution in [2.75, 3.05) is 39.9 Å². The zero-order valence-electron chi connectivity index (χ0n) is 29.3. The van der Waals surface area contributed by atoms with Crippen LogP contribution in [-0.2, 0) is 6.42 Å². The van der Waals surface area contributed by atoms with E-state index in [0.717, 1.165) is 80.5 Å². The number of nitrogens with two attached hydrogens (primary N) is 1. The van der Waals surface area contributed by atoms with Crippen LogP contribution in [0.5, 0.6) is 11.5 Å². The minimum Gasteiger partial charge on any atom is -0.504 e. The van der Waals surface area contributed by atoms with Crippen LogP contribution in [0.1, 0.15) is 89.5 Å². The quantitative estimate of drug-likeness (QED) is 0.0675. The van der Waals surface area contributed by atoms with Crippen LogP contribution in [0.4, 0.5) is 0 Å². The molecule has 2 saturated carbocycles. The Kier molecular flexibility index (Phi) is 14.1. The van der Waals surface area contributed by atoms with Crippen molar-refractivity contribution in [3.63, 3.8) is 0 Å². The molecular weight excluding hydrogens is 604 g/mol. The van der Waals surface area contributed by atoms with Crippen molar-refractivity contribution in [1.82, 2.24) is 10.6 Å². The summed E-state index contributed by atoms with van der Waals surface area (Å²) in [5.74, 6) is 3.79. The third-order valence-electron chi connectivity index (χ3n) is 10.9. The van der Waals surface area contributed by atoms with E-state index >= 15 is 0 Å². The molecule has 2 aliphatic carbocycles. The predicted molar refractivity (Wildman–Crippen MR) is 193 cm³/mol. The summed E-state index contributed by atoms with van der Waals surface area (Å²) in [7, 11) is 1.94. The largest absolute Gasteiger partial charge is 0.504 e. The third kappa shape index (κ3) is 9.79. The summed E-state index contributed by atoms with van der Waals surface area (Å²) < 4.78 is 11.2. The minimum atomic E-state index is -0.361. The maximum absolute atomic E-state index is 10.7. The fourth-order valence-corrected chi connectivity index (χ4v) is 8.18. The highest BCUT2D eigenvalue weighted by molar-refractivity contribution is 6.03. The van der Waals surface area contributed by atoms with Gasteiger partial charge in [0.15, 0.2) is 23.2 Å². The van der Waals surface area contributed by atoms with Gasteiger partial charge < -0.3 is 35.8 Å². The molecule has 2 fully saturated rings. The molecule has 48 heavy (non-hydrogen) atoms. The highest BCUT2D eigenvalue weighted by Crippen LogP contribution is 2.48. The standard InChI is InChI=1S/C39H60N4O5/c1-26(45)22-42-23-33-31-10-8-9-28(31)14-16-34-32(33)21-35(43-34)36(41-2)25-47-39-19-27(13-17-37(39)46)12-15-30-20-29(24-44)38(48-30)11-6-4-3-5-7-18-40/h13,17,19-21,26,28,31,33,36,38,41-42,44-45,48H,3-12,14-16,18,22-25,40H2,1-2H3/p+1/t26-,28+,31-,33-,36-,38?/m0/s1. The normalized spacial score (nSPS) is 24.9. The van der Waals surface area contributed by atoms with Gasteiger partial charge in [-0.2, -0.15) is 0 Å². The second-order valence-electron chi connectivity index (χ2n) is 14.4. The smallest absolute Gasteiger partial charge is 0.196 e. The van der Waals surface area contributed by atoms with Crippen LogP contribution >= 0.6 is 0 Å². The van der Waals surface area contributed by atoms with Crippen LogP contribution in [0.2, 0.25) is 0 Å². The van der Waals surface area contributed by atoms with Crippen molar-refractivity contribution >= 4 is 5.71 Å². The van der Waals surface area contributed by atoms with Crippen LogP contribution in [0.3, 0.4) is 0 Å². The Labute approximate surface area is 288 Å². The lowest BCUT2D eigenvalue weighted by Crippen LogP contribution is -2.37. The van der Waals surface area contributed by atoms with E-state index < -0.39 is 0 Å². The van der Waals surface area contributed by atoms with Gasteiger partial charge in [-0.05, 0) is 88.6 Å². The van der Waals surface area contributed by atoms with Gasteiger partial charge in [0.05, 0.1) is 18.1 Å². The molecule has 1 unspecified atom stereocenters. The first-order chi connectivity index (χ1) is 23.4. The first-order valence-corrected chi connectivity index (χ1v) is 18.6. The second kappa shape index (κ2) is 18.5. The Morgan fingerprint density at radius 1 is 1.17 bits per heavy atom. The minimum absolute atomic E-state index is 0.0531. The van der Waals surface area contributed by atoms with Gasteiger partial charge in [0.2, 0.25) is 0 Å².